The molecule has 2 aromatic carbocycles. The van der Waals surface area contributed by atoms with Gasteiger partial charge in [-0.2, -0.15) is 0 Å². The van der Waals surface area contributed by atoms with Gasteiger partial charge >= 0.3 is 0 Å². The number of amides is 3. The smallest absolute Gasteiger partial charge is 0.287 e. The first kappa shape index (κ1) is 33.0. The number of nitrogens with one attached hydrogen (secondary N) is 2. The van der Waals surface area contributed by atoms with E-state index in [2.05, 4.69) is 10.6 Å². The van der Waals surface area contributed by atoms with Crippen molar-refractivity contribution in [3.63, 3.8) is 0 Å². The van der Waals surface area contributed by atoms with E-state index in [0.717, 1.165) is 37.3 Å². The first-order chi connectivity index (χ1) is 21.3. The molecule has 0 unspecified atom stereocenters. The van der Waals surface area contributed by atoms with E-state index in [1.54, 1.807) is 29.2 Å². The Morgan fingerprint density at radius 1 is 0.956 bits per heavy atom. The van der Waals surface area contributed by atoms with Gasteiger partial charge in [0, 0.05) is 47.2 Å². The lowest BCUT2D eigenvalue weighted by Gasteiger charge is -2.48. The SMILES string of the molecule is CC(C)(C)NC(=O)C1(C2CCCCC2)CCN(C(=O)[C@@H](Cc2ccc(Cl)cc2)NC(=O)c2cc(=O)c3ccc(Cl)cc3o2)CC1. The van der Waals surface area contributed by atoms with Crippen LogP contribution in [0.1, 0.15) is 81.8 Å². The topological polar surface area (TPSA) is 109 Å². The van der Waals surface area contributed by atoms with Gasteiger partial charge in [0.2, 0.25) is 11.8 Å². The summed E-state index contributed by atoms with van der Waals surface area (Å²) in [5.74, 6) is -0.791. The Bertz CT molecular complexity index is 1610. The molecule has 1 aliphatic carbocycles. The molecule has 1 saturated heterocycles. The summed E-state index contributed by atoms with van der Waals surface area (Å²) in [6.07, 6.45) is 6.79. The van der Waals surface area contributed by atoms with Crippen LogP contribution in [0.2, 0.25) is 10.0 Å². The predicted octanol–water partition coefficient (Wildman–Crippen LogP) is 6.54. The molecule has 8 nitrogen and oxygen atoms in total. The van der Waals surface area contributed by atoms with Crippen molar-refractivity contribution in [1.82, 2.24) is 15.5 Å². The molecule has 3 aromatic rings. The number of fused-ring (bicyclic) bond motifs is 1. The van der Waals surface area contributed by atoms with E-state index in [1.807, 2.05) is 32.9 Å². The zero-order valence-corrected chi connectivity index (χ0v) is 27.6. The maximum atomic E-state index is 14.1. The van der Waals surface area contributed by atoms with E-state index in [-0.39, 0.29) is 46.5 Å². The van der Waals surface area contributed by atoms with Crippen molar-refractivity contribution in [2.24, 2.45) is 11.3 Å². The monoisotopic (exact) mass is 653 g/mol. The van der Waals surface area contributed by atoms with Crippen LogP contribution in [0.15, 0.2) is 57.7 Å². The Hall–Kier alpha value is -3.36. The third-order valence-corrected chi connectivity index (χ3v) is 9.65. The highest BCUT2D eigenvalue weighted by Crippen LogP contribution is 2.46. The second-order valence-corrected chi connectivity index (χ2v) is 14.4. The van der Waals surface area contributed by atoms with Gasteiger partial charge in [-0.05, 0) is 82.2 Å². The summed E-state index contributed by atoms with van der Waals surface area (Å²) in [4.78, 5) is 55.9. The highest BCUT2D eigenvalue weighted by Gasteiger charge is 2.49. The van der Waals surface area contributed by atoms with Crippen LogP contribution >= 0.6 is 23.2 Å². The molecule has 5 rings (SSSR count). The molecule has 1 aliphatic heterocycles. The highest BCUT2D eigenvalue weighted by atomic mass is 35.5. The third kappa shape index (κ3) is 7.72. The summed E-state index contributed by atoms with van der Waals surface area (Å²) in [7, 11) is 0. The zero-order valence-electron chi connectivity index (χ0n) is 26.1. The number of likely N-dealkylation sites (tertiary alicyclic amines) is 1. The molecule has 0 bridgehead atoms. The van der Waals surface area contributed by atoms with Crippen LogP contribution in [0.4, 0.5) is 0 Å². The molecule has 1 atom stereocenters. The van der Waals surface area contributed by atoms with Gasteiger partial charge in [-0.3, -0.25) is 19.2 Å². The van der Waals surface area contributed by atoms with Crippen molar-refractivity contribution in [2.45, 2.75) is 83.7 Å². The van der Waals surface area contributed by atoms with Crippen molar-refractivity contribution in [2.75, 3.05) is 13.1 Å². The molecular formula is C35H41Cl2N3O5. The van der Waals surface area contributed by atoms with Gasteiger partial charge in [0.15, 0.2) is 11.2 Å². The first-order valence-corrected chi connectivity index (χ1v) is 16.5. The van der Waals surface area contributed by atoms with Crippen molar-refractivity contribution in [3.05, 3.63) is 80.1 Å². The van der Waals surface area contributed by atoms with E-state index < -0.39 is 17.4 Å². The van der Waals surface area contributed by atoms with Gasteiger partial charge < -0.3 is 20.0 Å². The van der Waals surface area contributed by atoms with Crippen LogP contribution in [0, 0.1) is 11.3 Å². The molecule has 2 N–H and O–H groups in total. The van der Waals surface area contributed by atoms with E-state index in [9.17, 15) is 19.2 Å². The molecule has 2 fully saturated rings. The van der Waals surface area contributed by atoms with Crippen LogP contribution in [-0.4, -0.2) is 47.3 Å². The number of hydrogen-bond donors (Lipinski definition) is 2. The molecule has 0 radical (unpaired) electrons. The summed E-state index contributed by atoms with van der Waals surface area (Å²) < 4.78 is 5.75. The third-order valence-electron chi connectivity index (χ3n) is 9.17. The normalized spacial score (nSPS) is 17.9. The van der Waals surface area contributed by atoms with Crippen molar-refractivity contribution >= 4 is 51.9 Å². The Labute approximate surface area is 273 Å². The highest BCUT2D eigenvalue weighted by molar-refractivity contribution is 6.31. The molecule has 10 heteroatoms. The number of carbonyl (C=O) groups is 3. The summed E-state index contributed by atoms with van der Waals surface area (Å²) in [5, 5.41) is 7.30. The van der Waals surface area contributed by atoms with Crippen LogP contribution in [0.3, 0.4) is 0 Å². The quantitative estimate of drug-likeness (QED) is 0.301. The number of nitrogens with zero attached hydrogens (tertiary/aromatic N) is 1. The summed E-state index contributed by atoms with van der Waals surface area (Å²) in [6.45, 7) is 6.80. The maximum Gasteiger partial charge on any atom is 0.287 e. The van der Waals surface area contributed by atoms with Gasteiger partial charge in [0.05, 0.1) is 10.8 Å². The predicted molar refractivity (Wildman–Crippen MR) is 177 cm³/mol. The van der Waals surface area contributed by atoms with Gasteiger partial charge in [0.1, 0.15) is 11.6 Å². The molecule has 45 heavy (non-hydrogen) atoms. The number of halogens is 2. The fraction of sp³-hybridized carbons (Fsp3) is 0.486. The van der Waals surface area contributed by atoms with Gasteiger partial charge in [-0.15, -0.1) is 0 Å². The number of rotatable bonds is 7. The molecular weight excluding hydrogens is 613 g/mol. The van der Waals surface area contributed by atoms with E-state index >= 15 is 0 Å². The first-order valence-electron chi connectivity index (χ1n) is 15.7. The molecule has 3 amide bonds. The number of hydrogen-bond acceptors (Lipinski definition) is 5. The van der Waals surface area contributed by atoms with Gasteiger partial charge in [0.25, 0.3) is 5.91 Å². The second kappa shape index (κ2) is 13.6. The van der Waals surface area contributed by atoms with Crippen molar-refractivity contribution < 1.29 is 18.8 Å². The largest absolute Gasteiger partial charge is 0.451 e. The average Bonchev–Trinajstić information content (AvgIpc) is 3.00. The second-order valence-electron chi connectivity index (χ2n) is 13.5. The van der Waals surface area contributed by atoms with Crippen LogP contribution in [0.5, 0.6) is 0 Å². The standard InChI is InChI=1S/C35H41Cl2N3O5/c1-34(2,3)39-33(44)35(23-7-5-4-6-8-23)15-17-40(18-16-35)32(43)27(19-22-9-11-24(36)12-10-22)38-31(42)30-21-28(41)26-14-13-25(37)20-29(26)45-30/h9-14,20-21,23,27H,4-8,15-19H2,1-3H3,(H,38,42)(H,39,44)/t27-/m1/s1. The molecule has 2 aliphatic rings. The minimum absolute atomic E-state index is 0.0754. The Kier molecular flexibility index (Phi) is 9.94. The lowest BCUT2D eigenvalue weighted by molar-refractivity contribution is -0.147. The number of piperidine rings is 1. The van der Waals surface area contributed by atoms with E-state index in [0.29, 0.717) is 41.4 Å². The summed E-state index contributed by atoms with van der Waals surface area (Å²) in [6, 6.07) is 11.9. The molecule has 1 saturated carbocycles. The van der Waals surface area contributed by atoms with E-state index in [1.165, 1.54) is 12.5 Å². The minimum Gasteiger partial charge on any atom is -0.451 e. The fourth-order valence-electron chi connectivity index (χ4n) is 6.81. The zero-order chi connectivity index (χ0) is 32.4. The van der Waals surface area contributed by atoms with Crippen LogP contribution in [0.25, 0.3) is 11.0 Å². The average molecular weight is 655 g/mol. The maximum absolute atomic E-state index is 14.1. The van der Waals surface area contributed by atoms with Crippen molar-refractivity contribution in [1.29, 1.82) is 0 Å². The molecule has 0 spiro atoms. The Morgan fingerprint density at radius 3 is 2.24 bits per heavy atom. The fourth-order valence-corrected chi connectivity index (χ4v) is 7.10. The number of carbonyl (C=O) groups excluding carboxylic acids is 3. The molecule has 240 valence electrons. The Balaban J connectivity index is 1.38. The van der Waals surface area contributed by atoms with E-state index in [4.69, 9.17) is 27.6 Å². The van der Waals surface area contributed by atoms with Gasteiger partial charge in [-0.25, -0.2) is 0 Å². The van der Waals surface area contributed by atoms with Crippen LogP contribution in [-0.2, 0) is 16.0 Å². The minimum atomic E-state index is -0.940. The van der Waals surface area contributed by atoms with Gasteiger partial charge in [-0.1, -0.05) is 54.6 Å². The summed E-state index contributed by atoms with van der Waals surface area (Å²) >= 11 is 12.2. The lowest BCUT2D eigenvalue weighted by Crippen LogP contribution is -2.59. The van der Waals surface area contributed by atoms with Crippen LogP contribution < -0.4 is 16.1 Å². The summed E-state index contributed by atoms with van der Waals surface area (Å²) in [5.41, 5.74) is -0.285. The lowest BCUT2D eigenvalue weighted by atomic mass is 9.63. The Morgan fingerprint density at radius 2 is 1.60 bits per heavy atom. The van der Waals surface area contributed by atoms with Crippen molar-refractivity contribution in [3.8, 4) is 0 Å². The molecule has 2 heterocycles. The number of benzene rings is 2. The molecule has 1 aromatic heterocycles.